The quantitative estimate of drug-likeness (QED) is 0.863. The van der Waals surface area contributed by atoms with E-state index in [9.17, 15) is 0 Å². The van der Waals surface area contributed by atoms with Crippen LogP contribution in [0.1, 0.15) is 23.8 Å². The van der Waals surface area contributed by atoms with Gasteiger partial charge in [-0.3, -0.25) is 0 Å². The summed E-state index contributed by atoms with van der Waals surface area (Å²) in [6.45, 7) is 3.55. The number of benzene rings is 1. The van der Waals surface area contributed by atoms with Gasteiger partial charge in [-0.2, -0.15) is 5.26 Å². The van der Waals surface area contributed by atoms with Crippen molar-refractivity contribution in [2.24, 2.45) is 0 Å². The Hall–Kier alpha value is -1.99. The average Bonchev–Trinajstić information content (AvgIpc) is 2.91. The predicted molar refractivity (Wildman–Crippen MR) is 78.6 cm³/mol. The monoisotopic (exact) mass is 272 g/mol. The molecule has 0 saturated heterocycles. The van der Waals surface area contributed by atoms with E-state index in [-0.39, 0.29) is 0 Å². The summed E-state index contributed by atoms with van der Waals surface area (Å²) in [6.07, 6.45) is 1.00. The smallest absolute Gasteiger partial charge is 0.121 e. The molecule has 0 bridgehead atoms. The third-order valence-electron chi connectivity index (χ3n) is 2.56. The van der Waals surface area contributed by atoms with Crippen molar-refractivity contribution in [2.75, 3.05) is 11.9 Å². The van der Waals surface area contributed by atoms with Crippen LogP contribution in [0, 0.1) is 11.3 Å². The van der Waals surface area contributed by atoms with Crippen molar-refractivity contribution in [3.8, 4) is 11.8 Å². The maximum atomic E-state index is 8.77. The van der Waals surface area contributed by atoms with Crippen LogP contribution in [0.15, 0.2) is 35.7 Å². The van der Waals surface area contributed by atoms with Gasteiger partial charge in [0.25, 0.3) is 0 Å². The third kappa shape index (κ3) is 4.01. The minimum Gasteiger partial charge on any atom is -0.494 e. The minimum atomic E-state index is 0.724. The molecule has 0 atom stereocenters. The van der Waals surface area contributed by atoms with E-state index in [4.69, 9.17) is 10.00 Å². The maximum absolute atomic E-state index is 8.77. The Morgan fingerprint density at radius 2 is 2.26 bits per heavy atom. The van der Waals surface area contributed by atoms with E-state index in [0.29, 0.717) is 0 Å². The molecule has 19 heavy (non-hydrogen) atoms. The van der Waals surface area contributed by atoms with E-state index in [2.05, 4.69) is 18.3 Å². The SMILES string of the molecule is CCCOc1cccc(NCc2cc(C#N)cs2)c1. The van der Waals surface area contributed by atoms with Crippen LogP contribution in [-0.2, 0) is 6.54 Å². The number of hydrogen-bond acceptors (Lipinski definition) is 4. The Balaban J connectivity index is 1.93. The summed E-state index contributed by atoms with van der Waals surface area (Å²) in [4.78, 5) is 1.15. The molecule has 3 nitrogen and oxygen atoms in total. The molecule has 0 amide bonds. The van der Waals surface area contributed by atoms with Crippen molar-refractivity contribution in [2.45, 2.75) is 19.9 Å². The van der Waals surface area contributed by atoms with Crippen LogP contribution in [-0.4, -0.2) is 6.61 Å². The van der Waals surface area contributed by atoms with Crippen molar-refractivity contribution in [1.82, 2.24) is 0 Å². The van der Waals surface area contributed by atoms with Gasteiger partial charge in [-0.15, -0.1) is 11.3 Å². The van der Waals surface area contributed by atoms with Crippen LogP contribution < -0.4 is 10.1 Å². The molecule has 1 heterocycles. The van der Waals surface area contributed by atoms with Gasteiger partial charge in [0, 0.05) is 28.6 Å². The predicted octanol–water partition coefficient (Wildman–Crippen LogP) is 4.02. The largest absolute Gasteiger partial charge is 0.494 e. The van der Waals surface area contributed by atoms with Crippen LogP contribution >= 0.6 is 11.3 Å². The number of hydrogen-bond donors (Lipinski definition) is 1. The Kier molecular flexibility index (Phi) is 4.82. The molecule has 2 aromatic rings. The fourth-order valence-electron chi connectivity index (χ4n) is 1.64. The van der Waals surface area contributed by atoms with E-state index < -0.39 is 0 Å². The highest BCUT2D eigenvalue weighted by molar-refractivity contribution is 7.10. The molecule has 1 aromatic carbocycles. The second kappa shape index (κ2) is 6.81. The minimum absolute atomic E-state index is 0.724. The highest BCUT2D eigenvalue weighted by Crippen LogP contribution is 2.20. The zero-order chi connectivity index (χ0) is 13.5. The van der Waals surface area contributed by atoms with Crippen molar-refractivity contribution in [3.63, 3.8) is 0 Å². The zero-order valence-corrected chi connectivity index (χ0v) is 11.7. The van der Waals surface area contributed by atoms with Crippen LogP contribution in [0.25, 0.3) is 0 Å². The molecule has 0 saturated carbocycles. The average molecular weight is 272 g/mol. The number of nitriles is 1. The summed E-state index contributed by atoms with van der Waals surface area (Å²) in [7, 11) is 0. The summed E-state index contributed by atoms with van der Waals surface area (Å²) in [6, 6.07) is 12.0. The van der Waals surface area contributed by atoms with Gasteiger partial charge in [0.1, 0.15) is 11.8 Å². The Bertz CT molecular complexity index is 572. The van der Waals surface area contributed by atoms with Crippen LogP contribution in [0.4, 0.5) is 5.69 Å². The lowest BCUT2D eigenvalue weighted by atomic mass is 10.3. The topological polar surface area (TPSA) is 45.0 Å². The zero-order valence-electron chi connectivity index (χ0n) is 10.8. The first-order chi connectivity index (χ1) is 9.31. The molecule has 2 rings (SSSR count). The van der Waals surface area contributed by atoms with Crippen molar-refractivity contribution in [3.05, 3.63) is 46.2 Å². The van der Waals surface area contributed by atoms with Gasteiger partial charge in [0.15, 0.2) is 0 Å². The van der Waals surface area contributed by atoms with Crippen LogP contribution in [0.2, 0.25) is 0 Å². The summed E-state index contributed by atoms with van der Waals surface area (Å²) in [5, 5.41) is 14.0. The molecular formula is C15H16N2OS. The molecule has 0 unspecified atom stereocenters. The number of thiophene rings is 1. The highest BCUT2D eigenvalue weighted by Gasteiger charge is 2.00. The number of ether oxygens (including phenoxy) is 1. The van der Waals surface area contributed by atoms with Gasteiger partial charge in [-0.25, -0.2) is 0 Å². The van der Waals surface area contributed by atoms with E-state index in [1.165, 1.54) is 0 Å². The van der Waals surface area contributed by atoms with Gasteiger partial charge in [0.05, 0.1) is 12.2 Å². The van der Waals surface area contributed by atoms with E-state index in [1.54, 1.807) is 11.3 Å². The summed E-state index contributed by atoms with van der Waals surface area (Å²) in [5.41, 5.74) is 1.75. The van der Waals surface area contributed by atoms with Gasteiger partial charge in [-0.1, -0.05) is 13.0 Å². The summed E-state index contributed by atoms with van der Waals surface area (Å²) < 4.78 is 5.59. The van der Waals surface area contributed by atoms with E-state index >= 15 is 0 Å². The molecule has 0 spiro atoms. The molecule has 0 aliphatic carbocycles. The molecule has 98 valence electrons. The van der Waals surface area contributed by atoms with Crippen LogP contribution in [0.3, 0.4) is 0 Å². The summed E-state index contributed by atoms with van der Waals surface area (Å²) >= 11 is 1.60. The fourth-order valence-corrected chi connectivity index (χ4v) is 2.39. The maximum Gasteiger partial charge on any atom is 0.121 e. The molecule has 4 heteroatoms. The molecule has 1 N–H and O–H groups in total. The lowest BCUT2D eigenvalue weighted by Crippen LogP contribution is -1.99. The van der Waals surface area contributed by atoms with Gasteiger partial charge in [-0.05, 0) is 24.6 Å². The molecular weight excluding hydrogens is 256 g/mol. The Morgan fingerprint density at radius 1 is 1.37 bits per heavy atom. The van der Waals surface area contributed by atoms with Crippen LogP contribution in [0.5, 0.6) is 5.75 Å². The highest BCUT2D eigenvalue weighted by atomic mass is 32.1. The molecule has 0 aliphatic heterocycles. The molecule has 0 radical (unpaired) electrons. The summed E-state index contributed by atoms with van der Waals surface area (Å²) in [5.74, 6) is 0.885. The standard InChI is InChI=1S/C15H16N2OS/c1-2-6-18-14-5-3-4-13(8-14)17-10-15-7-12(9-16)11-19-15/h3-5,7-8,11,17H,2,6,10H2,1H3. The van der Waals surface area contributed by atoms with Gasteiger partial charge >= 0.3 is 0 Å². The van der Waals surface area contributed by atoms with Crippen molar-refractivity contribution < 1.29 is 4.74 Å². The second-order valence-corrected chi connectivity index (χ2v) is 5.14. The Labute approximate surface area is 117 Å². The molecule has 0 aliphatic rings. The fraction of sp³-hybridized carbons (Fsp3) is 0.267. The van der Waals surface area contributed by atoms with E-state index in [1.807, 2.05) is 35.7 Å². The van der Waals surface area contributed by atoms with Crippen molar-refractivity contribution >= 4 is 17.0 Å². The number of rotatable bonds is 6. The third-order valence-corrected chi connectivity index (χ3v) is 3.49. The number of nitrogens with one attached hydrogen (secondary N) is 1. The normalized spacial score (nSPS) is 9.89. The molecule has 1 aromatic heterocycles. The molecule has 0 fully saturated rings. The number of nitrogens with zero attached hydrogens (tertiary/aromatic N) is 1. The Morgan fingerprint density at radius 3 is 3.00 bits per heavy atom. The first-order valence-corrected chi connectivity index (χ1v) is 7.14. The van der Waals surface area contributed by atoms with Gasteiger partial charge in [0.2, 0.25) is 0 Å². The first kappa shape index (κ1) is 13.4. The van der Waals surface area contributed by atoms with E-state index in [0.717, 1.165) is 41.4 Å². The lowest BCUT2D eigenvalue weighted by molar-refractivity contribution is 0.317. The number of anilines is 1. The first-order valence-electron chi connectivity index (χ1n) is 6.26. The lowest BCUT2D eigenvalue weighted by Gasteiger charge is -2.08. The van der Waals surface area contributed by atoms with Crippen molar-refractivity contribution in [1.29, 1.82) is 5.26 Å². The van der Waals surface area contributed by atoms with Gasteiger partial charge < -0.3 is 10.1 Å². The second-order valence-electron chi connectivity index (χ2n) is 4.14.